The van der Waals surface area contributed by atoms with Gasteiger partial charge >= 0.3 is 6.16 Å². The van der Waals surface area contributed by atoms with Crippen LogP contribution >= 0.6 is 0 Å². The van der Waals surface area contributed by atoms with Crippen molar-refractivity contribution in [1.29, 1.82) is 0 Å². The van der Waals surface area contributed by atoms with Gasteiger partial charge in [-0.05, 0) is 60.4 Å². The quantitative estimate of drug-likeness (QED) is 0.430. The summed E-state index contributed by atoms with van der Waals surface area (Å²) in [4.78, 5) is 18.8. The van der Waals surface area contributed by atoms with Crippen molar-refractivity contribution in [3.63, 3.8) is 0 Å². The Kier molecular flexibility index (Phi) is 4.94. The van der Waals surface area contributed by atoms with Crippen molar-refractivity contribution in [1.82, 2.24) is 9.88 Å². The lowest BCUT2D eigenvalue weighted by Crippen LogP contribution is -2.56. The van der Waals surface area contributed by atoms with Gasteiger partial charge in [0.05, 0.1) is 0 Å². The molecule has 1 saturated carbocycles. The summed E-state index contributed by atoms with van der Waals surface area (Å²) in [7, 11) is 0. The van der Waals surface area contributed by atoms with E-state index in [0.29, 0.717) is 17.7 Å². The molecule has 2 aromatic carbocycles. The Bertz CT molecular complexity index is 1140. The highest BCUT2D eigenvalue weighted by molar-refractivity contribution is 5.87. The Labute approximate surface area is 188 Å². The van der Waals surface area contributed by atoms with Crippen LogP contribution in [0, 0.1) is 11.8 Å². The summed E-state index contributed by atoms with van der Waals surface area (Å²) in [5.74, 6) is 2.77. The summed E-state index contributed by atoms with van der Waals surface area (Å²) in [6.07, 6.45) is 4.35. The van der Waals surface area contributed by atoms with Gasteiger partial charge in [-0.2, -0.15) is 0 Å². The van der Waals surface area contributed by atoms with Crippen LogP contribution in [0.25, 0.3) is 10.9 Å². The second kappa shape index (κ2) is 7.96. The third-order valence-corrected chi connectivity index (χ3v) is 7.89. The largest absolute Gasteiger partial charge is 0.514 e. The molecule has 0 spiro atoms. The van der Waals surface area contributed by atoms with E-state index in [0.717, 1.165) is 35.9 Å². The molecule has 1 N–H and O–H groups in total. The van der Waals surface area contributed by atoms with Crippen molar-refractivity contribution >= 4 is 17.1 Å². The highest BCUT2D eigenvalue weighted by Crippen LogP contribution is 2.51. The Hall–Kier alpha value is -2.79. The summed E-state index contributed by atoms with van der Waals surface area (Å²) in [5, 5.41) is 1.19. The number of nitrogens with one attached hydrogen (secondary N) is 1. The molecule has 4 bridgehead atoms. The van der Waals surface area contributed by atoms with E-state index in [2.05, 4.69) is 16.8 Å². The summed E-state index contributed by atoms with van der Waals surface area (Å²) >= 11 is 0. The zero-order valence-electron chi connectivity index (χ0n) is 18.5. The van der Waals surface area contributed by atoms with Gasteiger partial charge in [0, 0.05) is 41.6 Å². The molecule has 166 valence electrons. The fourth-order valence-electron chi connectivity index (χ4n) is 6.58. The minimum absolute atomic E-state index is 0.208. The predicted octanol–water partition coefficient (Wildman–Crippen LogP) is 5.64. The fraction of sp³-hybridized carbons (Fsp3) is 0.444. The molecular formula is C27H30N2O3. The number of nitrogens with zero attached hydrogens (tertiary/aromatic N) is 1. The maximum atomic E-state index is 12.3. The molecule has 32 heavy (non-hydrogen) atoms. The average Bonchev–Trinajstić information content (AvgIpc) is 3.14. The van der Waals surface area contributed by atoms with Gasteiger partial charge in [0.15, 0.2) is 0 Å². The number of hydrogen-bond acceptors (Lipinski definition) is 4. The maximum absolute atomic E-state index is 12.3. The van der Waals surface area contributed by atoms with Crippen LogP contribution in [0.5, 0.6) is 5.75 Å². The number of benzene rings is 2. The number of carbonyl (C=O) groups is 1. The van der Waals surface area contributed by atoms with Gasteiger partial charge in [-0.3, -0.25) is 4.90 Å². The Balaban J connectivity index is 1.25. The molecule has 3 fully saturated rings. The Morgan fingerprint density at radius 2 is 2.03 bits per heavy atom. The number of carbonyl (C=O) groups excluding carboxylic acids is 1. The molecule has 1 aromatic heterocycles. The van der Waals surface area contributed by atoms with Gasteiger partial charge < -0.3 is 14.5 Å². The molecule has 0 radical (unpaired) electrons. The van der Waals surface area contributed by atoms with Crippen LogP contribution in [-0.4, -0.2) is 35.2 Å². The number of fused-ring (bicyclic) bond motifs is 4. The first kappa shape index (κ1) is 19.9. The minimum Gasteiger partial charge on any atom is -0.429 e. The monoisotopic (exact) mass is 430 g/mol. The van der Waals surface area contributed by atoms with Crippen molar-refractivity contribution in [3.05, 3.63) is 65.4 Å². The molecule has 0 amide bonds. The second-order valence-corrected chi connectivity index (χ2v) is 9.70. The first-order chi connectivity index (χ1) is 15.7. The van der Waals surface area contributed by atoms with Crippen molar-refractivity contribution in [3.8, 4) is 5.75 Å². The molecule has 4 heterocycles. The van der Waals surface area contributed by atoms with Crippen LogP contribution in [0.3, 0.4) is 0 Å². The summed E-state index contributed by atoms with van der Waals surface area (Å²) in [6.45, 7) is 4.95. The third kappa shape index (κ3) is 3.39. The van der Waals surface area contributed by atoms with Crippen LogP contribution < -0.4 is 4.74 Å². The fourth-order valence-corrected chi connectivity index (χ4v) is 6.58. The highest BCUT2D eigenvalue weighted by atomic mass is 16.7. The van der Waals surface area contributed by atoms with E-state index < -0.39 is 6.16 Å². The summed E-state index contributed by atoms with van der Waals surface area (Å²) in [5.41, 5.74) is 4.93. The number of rotatable bonds is 4. The smallest absolute Gasteiger partial charge is 0.429 e. The van der Waals surface area contributed by atoms with Crippen LogP contribution in [0.2, 0.25) is 0 Å². The van der Waals surface area contributed by atoms with Gasteiger partial charge in [0.1, 0.15) is 12.4 Å². The zero-order valence-corrected chi connectivity index (χ0v) is 18.5. The van der Waals surface area contributed by atoms with Crippen molar-refractivity contribution < 1.29 is 14.3 Å². The van der Waals surface area contributed by atoms with E-state index in [1.54, 1.807) is 0 Å². The van der Waals surface area contributed by atoms with E-state index >= 15 is 0 Å². The molecule has 3 aliphatic heterocycles. The van der Waals surface area contributed by atoms with E-state index in [9.17, 15) is 4.79 Å². The van der Waals surface area contributed by atoms with Gasteiger partial charge in [0.2, 0.25) is 0 Å². The Morgan fingerprint density at radius 1 is 1.16 bits per heavy atom. The molecular weight excluding hydrogens is 400 g/mol. The van der Waals surface area contributed by atoms with Gasteiger partial charge in [-0.15, -0.1) is 0 Å². The standard InChI is InChI=1S/C27H30N2O3/c1-2-19-12-18-13-23-25-21(10-11-29(15-18)26(19)23)22-14-20(8-9-24(22)28-25)32-27(30)31-16-17-6-4-3-5-7-17/h3-9,14,18-19,23,26,28H,2,10-13,15-16H2,1H3. The van der Waals surface area contributed by atoms with Crippen LogP contribution in [0.1, 0.15) is 48.9 Å². The van der Waals surface area contributed by atoms with Crippen LogP contribution in [0.4, 0.5) is 4.79 Å². The molecule has 5 heteroatoms. The predicted molar refractivity (Wildman–Crippen MR) is 124 cm³/mol. The van der Waals surface area contributed by atoms with Crippen molar-refractivity contribution in [2.24, 2.45) is 11.8 Å². The topological polar surface area (TPSA) is 54.6 Å². The molecule has 4 aliphatic rings. The molecule has 1 aliphatic carbocycles. The van der Waals surface area contributed by atoms with E-state index in [-0.39, 0.29) is 6.61 Å². The highest BCUT2D eigenvalue weighted by Gasteiger charge is 2.48. The number of hydrogen-bond donors (Lipinski definition) is 1. The maximum Gasteiger partial charge on any atom is 0.514 e. The second-order valence-electron chi connectivity index (χ2n) is 9.70. The molecule has 5 atom stereocenters. The van der Waals surface area contributed by atoms with E-state index in [1.165, 1.54) is 42.5 Å². The lowest BCUT2D eigenvalue weighted by molar-refractivity contribution is -0.0134. The van der Waals surface area contributed by atoms with E-state index in [1.807, 2.05) is 48.5 Å². The van der Waals surface area contributed by atoms with Crippen molar-refractivity contribution in [2.75, 3.05) is 13.1 Å². The molecule has 5 nitrogen and oxygen atoms in total. The van der Waals surface area contributed by atoms with E-state index in [4.69, 9.17) is 9.47 Å². The lowest BCUT2D eigenvalue weighted by Gasteiger charge is -2.53. The first-order valence-corrected chi connectivity index (χ1v) is 12.0. The number of H-pyrrole nitrogens is 1. The van der Waals surface area contributed by atoms with Crippen LogP contribution in [-0.2, 0) is 17.8 Å². The lowest BCUT2D eigenvalue weighted by atomic mass is 9.65. The van der Waals surface area contributed by atoms with Crippen molar-refractivity contribution in [2.45, 2.75) is 51.2 Å². The Morgan fingerprint density at radius 3 is 2.88 bits per heavy atom. The molecule has 7 rings (SSSR count). The number of aromatic nitrogens is 1. The third-order valence-electron chi connectivity index (χ3n) is 7.89. The SMILES string of the molecule is CCC1CC2CC3c4[nH]c5ccc(OC(=O)OCc6ccccc6)cc5c4CCN(C2)C13. The average molecular weight is 431 g/mol. The number of aromatic amines is 1. The molecule has 3 aromatic rings. The number of ether oxygens (including phenoxy) is 2. The van der Waals surface area contributed by atoms with Crippen LogP contribution in [0.15, 0.2) is 48.5 Å². The minimum atomic E-state index is -0.667. The van der Waals surface area contributed by atoms with Gasteiger partial charge in [-0.1, -0.05) is 43.7 Å². The zero-order chi connectivity index (χ0) is 21.7. The first-order valence-electron chi connectivity index (χ1n) is 12.0. The van der Waals surface area contributed by atoms with Gasteiger partial charge in [0.25, 0.3) is 0 Å². The molecule has 2 saturated heterocycles. The number of piperidine rings is 2. The normalized spacial score (nSPS) is 28.2. The molecule has 5 unspecified atom stereocenters. The van der Waals surface area contributed by atoms with Gasteiger partial charge in [-0.25, -0.2) is 4.79 Å². The summed E-state index contributed by atoms with van der Waals surface area (Å²) in [6, 6.07) is 16.2. The summed E-state index contributed by atoms with van der Waals surface area (Å²) < 4.78 is 10.8.